The fraction of sp³-hybridized carbons (Fsp3) is 0.121. The lowest BCUT2D eigenvalue weighted by Gasteiger charge is -2.40. The van der Waals surface area contributed by atoms with Gasteiger partial charge in [-0.1, -0.05) is 224 Å². The van der Waals surface area contributed by atoms with Crippen LogP contribution in [-0.4, -0.2) is 19.9 Å². The first-order valence-corrected chi connectivity index (χ1v) is 50.3. The summed E-state index contributed by atoms with van der Waals surface area (Å²) < 4.78 is 0. The number of fused-ring (bicyclic) bond motifs is 48. The molecule has 16 aromatic carbocycles. The fourth-order valence-corrected chi connectivity index (χ4v) is 28.7. The summed E-state index contributed by atoms with van der Waals surface area (Å²) >= 11 is 0. The molecule has 0 atom stereocenters. The molecule has 4 aromatic heterocycles. The second-order valence-corrected chi connectivity index (χ2v) is 41.3. The summed E-state index contributed by atoms with van der Waals surface area (Å²) in [6.07, 6.45) is 28.0. The Hall–Kier alpha value is -16.7. The van der Waals surface area contributed by atoms with Crippen molar-refractivity contribution >= 4 is 68.4 Å². The second-order valence-electron chi connectivity index (χ2n) is 41.3. The summed E-state index contributed by atoms with van der Waals surface area (Å²) in [4.78, 5) is 28.6. The van der Waals surface area contributed by atoms with Gasteiger partial charge in [-0.25, -0.2) is 4.98 Å². The summed E-state index contributed by atoms with van der Waals surface area (Å²) in [5, 5.41) is 0. The molecule has 12 heterocycles. The van der Waals surface area contributed by atoms with Crippen LogP contribution in [0.2, 0.25) is 0 Å². The molecule has 8 heteroatoms. The Labute approximate surface area is 812 Å². The molecule has 16 aliphatic rings. The fourth-order valence-electron chi connectivity index (χ4n) is 28.7. The van der Waals surface area contributed by atoms with E-state index in [2.05, 4.69) is 345 Å². The van der Waals surface area contributed by atoms with Crippen molar-refractivity contribution in [2.24, 2.45) is 0 Å². The van der Waals surface area contributed by atoms with Gasteiger partial charge >= 0.3 is 0 Å². The molecule has 656 valence electrons. The SMILES string of the molecule is c1ccc2c(c1)Cc1c-2ccc2c1Cc1c-2cc2c3c1Cc1ccccc1N3c1cccnc1C2.c1ccc2c(c1)Cc1c-2ccc2c1Cc1c-2cc2c3c1Cc1ccccc1N3c1ccncc1C2.c1ccc2c(c1)Cc1c-2ccc2c1Cc1c-2cc2c3c1Cc1ccccc1N3c1cnccc1C2.c1ccc2c(c1)Cc1c-2ccc2c1Cc1c-2cc2c3c1Cc1ccccc1N3c1ncccc1C2. The zero-order valence-electron chi connectivity index (χ0n) is 77.2. The van der Waals surface area contributed by atoms with E-state index in [4.69, 9.17) is 9.97 Å². The lowest BCUT2D eigenvalue weighted by atomic mass is 9.83. The number of para-hydroxylation sites is 4. The normalized spacial score (nSPS) is 14.9. The van der Waals surface area contributed by atoms with Gasteiger partial charge in [0.05, 0.1) is 57.4 Å². The van der Waals surface area contributed by atoms with E-state index in [0.717, 1.165) is 109 Å². The van der Waals surface area contributed by atoms with Crippen LogP contribution in [0.1, 0.15) is 178 Å². The third-order valence-electron chi connectivity index (χ3n) is 34.6. The molecule has 0 saturated carbocycles. The second kappa shape index (κ2) is 28.5. The minimum Gasteiger partial charge on any atom is -0.309 e. The predicted octanol–water partition coefficient (Wildman–Crippen LogP) is 30.0. The van der Waals surface area contributed by atoms with Crippen molar-refractivity contribution in [3.05, 3.63) is 519 Å². The highest BCUT2D eigenvalue weighted by Gasteiger charge is 2.45. The molecule has 0 unspecified atom stereocenters. The van der Waals surface area contributed by atoms with Crippen molar-refractivity contribution in [2.75, 3.05) is 19.6 Å². The first kappa shape index (κ1) is 76.5. The van der Waals surface area contributed by atoms with Gasteiger partial charge in [0.25, 0.3) is 0 Å². The van der Waals surface area contributed by atoms with Crippen LogP contribution in [-0.2, 0) is 103 Å². The molecule has 140 heavy (non-hydrogen) atoms. The minimum absolute atomic E-state index is 0.899. The first-order valence-electron chi connectivity index (χ1n) is 50.3. The number of hydrogen-bond acceptors (Lipinski definition) is 8. The molecule has 0 fully saturated rings. The van der Waals surface area contributed by atoms with E-state index in [9.17, 15) is 0 Å². The number of hydrogen-bond donors (Lipinski definition) is 0. The molecule has 8 nitrogen and oxygen atoms in total. The molecule has 0 bridgehead atoms. The third kappa shape index (κ3) is 10.6. The molecule has 0 N–H and O–H groups in total. The summed E-state index contributed by atoms with van der Waals surface area (Å²) in [6, 6.07) is 114. The zero-order valence-corrected chi connectivity index (χ0v) is 77.2. The van der Waals surface area contributed by atoms with Crippen LogP contribution in [0.15, 0.2) is 340 Å². The van der Waals surface area contributed by atoms with Crippen molar-refractivity contribution in [1.82, 2.24) is 19.9 Å². The van der Waals surface area contributed by atoms with Gasteiger partial charge in [-0.2, -0.15) is 0 Å². The third-order valence-corrected chi connectivity index (χ3v) is 34.6. The first-order chi connectivity index (χ1) is 69.4. The quantitative estimate of drug-likeness (QED) is 0.149. The minimum atomic E-state index is 0.899. The molecule has 8 aliphatic heterocycles. The van der Waals surface area contributed by atoms with Crippen molar-refractivity contribution in [2.45, 2.75) is 103 Å². The van der Waals surface area contributed by atoms with Crippen LogP contribution in [0.3, 0.4) is 0 Å². The predicted molar refractivity (Wildman–Crippen MR) is 564 cm³/mol. The highest BCUT2D eigenvalue weighted by Crippen LogP contribution is 2.63. The molecule has 0 amide bonds. The van der Waals surface area contributed by atoms with Crippen LogP contribution < -0.4 is 19.6 Å². The average Bonchev–Trinajstić information content (AvgIpc) is 1.46. The van der Waals surface area contributed by atoms with Gasteiger partial charge < -0.3 is 14.7 Å². The van der Waals surface area contributed by atoms with E-state index >= 15 is 0 Å². The molecule has 0 saturated heterocycles. The Balaban J connectivity index is 0.0000000829. The zero-order chi connectivity index (χ0) is 90.7. The van der Waals surface area contributed by atoms with Gasteiger partial charge in [-0.05, 0) is 392 Å². The Morgan fingerprint density at radius 3 is 0.850 bits per heavy atom. The van der Waals surface area contributed by atoms with E-state index in [1.807, 2.05) is 24.8 Å². The molecule has 0 spiro atoms. The summed E-state index contributed by atoms with van der Waals surface area (Å²) in [5.41, 5.74) is 84.7. The van der Waals surface area contributed by atoms with Gasteiger partial charge in [0, 0.05) is 99.4 Å². The van der Waals surface area contributed by atoms with Crippen LogP contribution in [0.5, 0.6) is 0 Å². The highest BCUT2D eigenvalue weighted by atomic mass is 15.2. The summed E-state index contributed by atoms with van der Waals surface area (Å²) in [7, 11) is 0. The van der Waals surface area contributed by atoms with Gasteiger partial charge in [-0.3, -0.25) is 19.9 Å². The van der Waals surface area contributed by atoms with Crippen molar-refractivity contribution in [1.29, 1.82) is 0 Å². The summed E-state index contributed by atoms with van der Waals surface area (Å²) in [5.74, 6) is 1.10. The van der Waals surface area contributed by atoms with E-state index in [-0.39, 0.29) is 0 Å². The molecule has 20 aromatic rings. The van der Waals surface area contributed by atoms with Crippen LogP contribution in [0.25, 0.3) is 89.0 Å². The van der Waals surface area contributed by atoms with Crippen molar-refractivity contribution < 1.29 is 0 Å². The lowest BCUT2D eigenvalue weighted by Crippen LogP contribution is -2.26. The topological polar surface area (TPSA) is 64.5 Å². The molecule has 8 aliphatic carbocycles. The Bertz CT molecular complexity index is 8040. The van der Waals surface area contributed by atoms with Crippen molar-refractivity contribution in [3.8, 4) is 89.0 Å². The maximum Gasteiger partial charge on any atom is 0.141 e. The van der Waals surface area contributed by atoms with Crippen LogP contribution >= 0.6 is 0 Å². The Morgan fingerprint density at radius 1 is 0.150 bits per heavy atom. The average molecular weight is 1790 g/mol. The maximum absolute atomic E-state index is 4.87. The molecular formula is C132H88N8. The number of nitrogens with zero attached hydrogens (tertiary/aromatic N) is 8. The number of benzene rings is 16. The van der Waals surface area contributed by atoms with Gasteiger partial charge in [0.15, 0.2) is 0 Å². The standard InChI is InChI=1S/4C33H22N2/c1-3-9-23-19(6-1)15-26-24(23)11-12-25-27-17-22-14-21-8-5-13-34-33(21)35-31-10-4-2-7-20(31)16-30(32(22)35)29(27)18-28(25)26;1-3-8-22-19(6-1)14-25-23(22)11-12-24-26-16-21-17-30-32(10-5-13-34-30)35-31-9-4-2-7-20(31)15-29(33(21)35)28(26)18-27(24)25;1-3-7-23-19(5-1)14-26-24(23)9-10-25-27-16-21-13-22-18-34-12-11-32(22)35-31-8-4-2-6-20(31)15-30(33(21)35)29(27)17-28(25)26;1-3-7-23-19(5-1)14-26-24(23)9-10-25-27-16-22-13-21-11-12-34-18-32(21)35-31-8-4-2-6-20(31)15-30(33(22)35)29(27)17-28(25)26/h1-13,17H,14-16,18H2;1-13,16H,14-15,17-18H2;2*1-12,16,18H,13-15,17H2. The van der Waals surface area contributed by atoms with E-state index in [1.54, 1.807) is 50.1 Å². The number of anilines is 12. The van der Waals surface area contributed by atoms with Crippen LogP contribution in [0.4, 0.5) is 68.4 Å². The molecular weight excluding hydrogens is 1700 g/mol. The monoisotopic (exact) mass is 1780 g/mol. The summed E-state index contributed by atoms with van der Waals surface area (Å²) in [6.45, 7) is 0. The van der Waals surface area contributed by atoms with E-state index < -0.39 is 0 Å². The largest absolute Gasteiger partial charge is 0.309 e. The van der Waals surface area contributed by atoms with Gasteiger partial charge in [-0.15, -0.1) is 0 Å². The maximum atomic E-state index is 4.87. The van der Waals surface area contributed by atoms with Crippen LogP contribution in [0, 0.1) is 0 Å². The number of rotatable bonds is 0. The molecule has 36 rings (SSSR count). The smallest absolute Gasteiger partial charge is 0.141 e. The van der Waals surface area contributed by atoms with E-state index in [0.29, 0.717) is 0 Å². The van der Waals surface area contributed by atoms with Gasteiger partial charge in [0.2, 0.25) is 0 Å². The Kier molecular flexibility index (Phi) is 15.6. The molecule has 0 radical (unpaired) electrons. The van der Waals surface area contributed by atoms with Gasteiger partial charge in [0.1, 0.15) is 5.82 Å². The van der Waals surface area contributed by atoms with Crippen molar-refractivity contribution in [3.63, 3.8) is 0 Å². The number of pyridine rings is 4. The highest BCUT2D eigenvalue weighted by molar-refractivity contribution is 6.02. The van der Waals surface area contributed by atoms with E-state index in [1.165, 1.54) is 280 Å². The Morgan fingerprint density at radius 2 is 0.421 bits per heavy atom. The number of aromatic nitrogens is 4. The lowest BCUT2D eigenvalue weighted by molar-refractivity contribution is 0.960.